The number of fused-ring (bicyclic) bond motifs is 2. The van der Waals surface area contributed by atoms with E-state index in [1.54, 1.807) is 20.4 Å². The lowest BCUT2D eigenvalue weighted by Gasteiger charge is -2.45. The summed E-state index contributed by atoms with van der Waals surface area (Å²) >= 11 is 0. The third-order valence-electron chi connectivity index (χ3n) is 5.98. The molecule has 3 heterocycles. The van der Waals surface area contributed by atoms with Crippen molar-refractivity contribution in [3.05, 3.63) is 48.0 Å². The predicted molar refractivity (Wildman–Crippen MR) is 111 cm³/mol. The van der Waals surface area contributed by atoms with Crippen LogP contribution in [0.1, 0.15) is 24.2 Å². The van der Waals surface area contributed by atoms with Crippen molar-refractivity contribution in [3.8, 4) is 5.75 Å². The van der Waals surface area contributed by atoms with Crippen LogP contribution in [0.4, 0.5) is 0 Å². The number of hydrogen-bond acceptors (Lipinski definition) is 6. The molecule has 30 heavy (non-hydrogen) atoms. The topological polar surface area (TPSA) is 77.9 Å². The fourth-order valence-corrected chi connectivity index (χ4v) is 4.33. The number of amides is 1. The molecule has 2 aliphatic rings. The number of hydrogen-bond donors (Lipinski definition) is 1. The largest absolute Gasteiger partial charge is 0.497 e. The van der Waals surface area contributed by atoms with E-state index < -0.39 is 11.7 Å². The number of nitrogens with zero attached hydrogens (tertiary/aromatic N) is 3. The highest BCUT2D eigenvalue weighted by atomic mass is 16.5. The third-order valence-corrected chi connectivity index (χ3v) is 5.98. The van der Waals surface area contributed by atoms with Crippen molar-refractivity contribution in [2.24, 2.45) is 0 Å². The summed E-state index contributed by atoms with van der Waals surface area (Å²) in [5.41, 5.74) is 0.745. The van der Waals surface area contributed by atoms with Crippen molar-refractivity contribution in [2.45, 2.75) is 37.6 Å². The van der Waals surface area contributed by atoms with E-state index in [0.29, 0.717) is 19.7 Å². The number of aromatic nitrogens is 2. The maximum Gasteiger partial charge on any atom is 0.251 e. The molecule has 0 saturated carbocycles. The molecule has 1 aromatic carbocycles. The minimum absolute atomic E-state index is 0.0913. The first kappa shape index (κ1) is 20.8. The molecule has 162 valence electrons. The van der Waals surface area contributed by atoms with Crippen molar-refractivity contribution in [2.75, 3.05) is 40.5 Å². The van der Waals surface area contributed by atoms with Crippen LogP contribution in [0.5, 0.6) is 5.75 Å². The molecule has 1 unspecified atom stereocenters. The summed E-state index contributed by atoms with van der Waals surface area (Å²) in [6.45, 7) is 4.11. The molecule has 0 bridgehead atoms. The lowest BCUT2D eigenvalue weighted by Crippen LogP contribution is -2.54. The molecule has 1 amide bonds. The molecule has 4 rings (SSSR count). The lowest BCUT2D eigenvalue weighted by atomic mass is 9.88. The molecule has 2 aliphatic heterocycles. The van der Waals surface area contributed by atoms with Gasteiger partial charge < -0.3 is 24.1 Å². The maximum atomic E-state index is 12.6. The van der Waals surface area contributed by atoms with Crippen LogP contribution < -0.4 is 10.1 Å². The Bertz CT molecular complexity index is 843. The summed E-state index contributed by atoms with van der Waals surface area (Å²) in [4.78, 5) is 19.6. The van der Waals surface area contributed by atoms with Gasteiger partial charge in [0.15, 0.2) is 6.10 Å². The Morgan fingerprint density at radius 1 is 1.27 bits per heavy atom. The minimum Gasteiger partial charge on any atom is -0.497 e. The third kappa shape index (κ3) is 4.35. The SMILES string of the molecule is COCCNC(=O)C1Cn2ccnc2C2(CCN(Cc3ccc(OC)cc3)CC2)O1. The first-order valence-electron chi connectivity index (χ1n) is 10.4. The van der Waals surface area contributed by atoms with Gasteiger partial charge in [-0.25, -0.2) is 4.98 Å². The number of rotatable bonds is 7. The fraction of sp³-hybridized carbons (Fsp3) is 0.545. The van der Waals surface area contributed by atoms with Crippen molar-refractivity contribution in [1.29, 1.82) is 0 Å². The second-order valence-electron chi connectivity index (χ2n) is 7.91. The highest BCUT2D eigenvalue weighted by Gasteiger charge is 2.47. The Morgan fingerprint density at radius 3 is 2.73 bits per heavy atom. The maximum absolute atomic E-state index is 12.6. The van der Waals surface area contributed by atoms with Crippen LogP contribution in [-0.4, -0.2) is 66.9 Å². The van der Waals surface area contributed by atoms with Crippen molar-refractivity contribution in [1.82, 2.24) is 19.8 Å². The highest BCUT2D eigenvalue weighted by Crippen LogP contribution is 2.40. The Balaban J connectivity index is 1.41. The Hall–Kier alpha value is -2.42. The summed E-state index contributed by atoms with van der Waals surface area (Å²) in [5, 5.41) is 2.91. The van der Waals surface area contributed by atoms with Crippen LogP contribution in [0.15, 0.2) is 36.7 Å². The van der Waals surface area contributed by atoms with Gasteiger partial charge in [-0.15, -0.1) is 0 Å². The van der Waals surface area contributed by atoms with E-state index in [2.05, 4.69) is 31.9 Å². The number of carbonyl (C=O) groups is 1. The number of carbonyl (C=O) groups excluding carboxylic acids is 1. The monoisotopic (exact) mass is 414 g/mol. The summed E-state index contributed by atoms with van der Waals surface area (Å²) in [5.74, 6) is 1.72. The van der Waals surface area contributed by atoms with Gasteiger partial charge in [-0.3, -0.25) is 9.69 Å². The Kier molecular flexibility index (Phi) is 6.36. The van der Waals surface area contributed by atoms with Gasteiger partial charge in [-0.05, 0) is 30.5 Å². The van der Waals surface area contributed by atoms with Crippen LogP contribution in [0.3, 0.4) is 0 Å². The number of methoxy groups -OCH3 is 2. The predicted octanol–water partition coefficient (Wildman–Crippen LogP) is 1.54. The lowest BCUT2D eigenvalue weighted by molar-refractivity contribution is -0.174. The molecule has 1 spiro atoms. The molecule has 8 heteroatoms. The molecule has 0 radical (unpaired) electrons. The Morgan fingerprint density at radius 2 is 2.03 bits per heavy atom. The molecule has 0 aliphatic carbocycles. The van der Waals surface area contributed by atoms with Gasteiger partial charge in [-0.1, -0.05) is 12.1 Å². The fourth-order valence-electron chi connectivity index (χ4n) is 4.33. The van der Waals surface area contributed by atoms with E-state index in [4.69, 9.17) is 14.2 Å². The summed E-state index contributed by atoms with van der Waals surface area (Å²) in [6, 6.07) is 8.20. The minimum atomic E-state index is -0.517. The van der Waals surface area contributed by atoms with Crippen molar-refractivity contribution < 1.29 is 19.0 Å². The van der Waals surface area contributed by atoms with Crippen LogP contribution in [0.2, 0.25) is 0 Å². The molecule has 1 atom stereocenters. The van der Waals surface area contributed by atoms with Crippen LogP contribution in [-0.2, 0) is 33.0 Å². The van der Waals surface area contributed by atoms with Crippen LogP contribution in [0, 0.1) is 0 Å². The molecule has 1 saturated heterocycles. The zero-order valence-electron chi connectivity index (χ0n) is 17.7. The van der Waals surface area contributed by atoms with Crippen molar-refractivity contribution >= 4 is 5.91 Å². The number of nitrogens with one attached hydrogen (secondary N) is 1. The summed E-state index contributed by atoms with van der Waals surface area (Å²) in [6.07, 6.45) is 4.84. The van der Waals surface area contributed by atoms with Gasteiger partial charge in [0.2, 0.25) is 0 Å². The molecule has 1 N–H and O–H groups in total. The molecule has 1 aromatic heterocycles. The van der Waals surface area contributed by atoms with E-state index in [9.17, 15) is 4.79 Å². The number of likely N-dealkylation sites (tertiary alicyclic amines) is 1. The summed E-state index contributed by atoms with van der Waals surface area (Å²) in [7, 11) is 3.30. The number of imidazole rings is 1. The van der Waals surface area contributed by atoms with Gasteiger partial charge in [0, 0.05) is 45.7 Å². The average Bonchev–Trinajstić information content (AvgIpc) is 3.26. The highest BCUT2D eigenvalue weighted by molar-refractivity contribution is 5.80. The molecular formula is C22H30N4O4. The summed E-state index contributed by atoms with van der Waals surface area (Å²) < 4.78 is 18.8. The average molecular weight is 415 g/mol. The first-order valence-corrected chi connectivity index (χ1v) is 10.4. The van der Waals surface area contributed by atoms with E-state index in [1.165, 1.54) is 5.56 Å². The van der Waals surface area contributed by atoms with Crippen molar-refractivity contribution in [3.63, 3.8) is 0 Å². The molecule has 8 nitrogen and oxygen atoms in total. The van der Waals surface area contributed by atoms with Crippen LogP contribution in [0.25, 0.3) is 0 Å². The number of piperidine rings is 1. The number of ether oxygens (including phenoxy) is 3. The zero-order chi connectivity index (χ0) is 21.0. The quantitative estimate of drug-likeness (QED) is 0.693. The van der Waals surface area contributed by atoms with E-state index in [-0.39, 0.29) is 5.91 Å². The van der Waals surface area contributed by atoms with E-state index in [0.717, 1.165) is 44.0 Å². The van der Waals surface area contributed by atoms with Gasteiger partial charge in [-0.2, -0.15) is 0 Å². The number of benzene rings is 1. The Labute approximate surface area is 177 Å². The van der Waals surface area contributed by atoms with Gasteiger partial charge >= 0.3 is 0 Å². The first-order chi connectivity index (χ1) is 14.6. The van der Waals surface area contributed by atoms with Gasteiger partial charge in [0.05, 0.1) is 20.3 Å². The molecular weight excluding hydrogens is 384 g/mol. The second-order valence-corrected chi connectivity index (χ2v) is 7.91. The molecule has 1 fully saturated rings. The van der Waals surface area contributed by atoms with Gasteiger partial charge in [0.1, 0.15) is 17.2 Å². The van der Waals surface area contributed by atoms with E-state index >= 15 is 0 Å². The molecule has 2 aromatic rings. The smallest absolute Gasteiger partial charge is 0.251 e. The van der Waals surface area contributed by atoms with Crippen LogP contribution >= 0.6 is 0 Å². The van der Waals surface area contributed by atoms with E-state index in [1.807, 2.05) is 18.3 Å². The van der Waals surface area contributed by atoms with Gasteiger partial charge in [0.25, 0.3) is 5.91 Å². The normalized spacial score (nSPS) is 20.7. The second kappa shape index (κ2) is 9.16. The zero-order valence-corrected chi connectivity index (χ0v) is 17.7. The standard InChI is InChI=1S/C22H30N4O4/c1-28-14-10-23-20(27)19-16-26-13-9-24-21(26)22(30-19)7-11-25(12-8-22)15-17-3-5-18(29-2)6-4-17/h3-6,9,13,19H,7-8,10-12,14-16H2,1-2H3,(H,23,27).